The molecule has 1 atom stereocenters. The zero-order valence-corrected chi connectivity index (χ0v) is 9.39. The average Bonchev–Trinajstić information content (AvgIpc) is 2.66. The summed E-state index contributed by atoms with van der Waals surface area (Å²) in [5.41, 5.74) is 7.91. The van der Waals surface area contributed by atoms with Crippen LogP contribution in [0.2, 0.25) is 0 Å². The molecular formula is C11H15N3S. The van der Waals surface area contributed by atoms with Crippen molar-refractivity contribution in [3.8, 4) is 0 Å². The number of nitrogens with one attached hydrogen (secondary N) is 1. The molecule has 0 spiro atoms. The van der Waals surface area contributed by atoms with Crippen LogP contribution in [0.5, 0.6) is 0 Å². The van der Waals surface area contributed by atoms with Gasteiger partial charge < -0.3 is 11.1 Å². The summed E-state index contributed by atoms with van der Waals surface area (Å²) in [7, 11) is 0. The number of nitrogen functional groups attached to an aromatic ring is 1. The molecule has 3 nitrogen and oxygen atoms in total. The van der Waals surface area contributed by atoms with Gasteiger partial charge in [0, 0.05) is 11.4 Å². The molecule has 0 aromatic carbocycles. The Bertz CT molecular complexity index is 381. The van der Waals surface area contributed by atoms with Gasteiger partial charge >= 0.3 is 0 Å². The number of aromatic nitrogens is 1. The quantitative estimate of drug-likeness (QED) is 0.768. The highest BCUT2D eigenvalue weighted by molar-refractivity contribution is 7.13. The summed E-state index contributed by atoms with van der Waals surface area (Å²) in [6.07, 6.45) is 6.18. The van der Waals surface area contributed by atoms with E-state index in [4.69, 9.17) is 5.73 Å². The van der Waals surface area contributed by atoms with E-state index >= 15 is 0 Å². The van der Waals surface area contributed by atoms with Crippen LogP contribution >= 0.6 is 11.3 Å². The Kier molecular flexibility index (Phi) is 3.18. The van der Waals surface area contributed by atoms with E-state index < -0.39 is 0 Å². The average molecular weight is 221 g/mol. The Labute approximate surface area is 93.7 Å². The van der Waals surface area contributed by atoms with E-state index in [1.54, 1.807) is 0 Å². The summed E-state index contributed by atoms with van der Waals surface area (Å²) in [5.74, 6) is 0. The number of hydrogen-bond donors (Lipinski definition) is 2. The summed E-state index contributed by atoms with van der Waals surface area (Å²) in [4.78, 5) is 4.32. The van der Waals surface area contributed by atoms with Gasteiger partial charge in [0.05, 0.1) is 5.69 Å². The molecule has 3 N–H and O–H groups in total. The van der Waals surface area contributed by atoms with Crippen LogP contribution in [0.1, 0.15) is 18.5 Å². The molecule has 1 aromatic heterocycles. The maximum absolute atomic E-state index is 5.64. The second-order valence-corrected chi connectivity index (χ2v) is 4.44. The summed E-state index contributed by atoms with van der Waals surface area (Å²) in [5, 5.41) is 6.11. The Morgan fingerprint density at radius 3 is 3.27 bits per heavy atom. The van der Waals surface area contributed by atoms with Crippen molar-refractivity contribution in [3.05, 3.63) is 29.8 Å². The summed E-state index contributed by atoms with van der Waals surface area (Å²) in [6.45, 7) is 4.81. The molecule has 0 radical (unpaired) electrons. The second-order valence-electron chi connectivity index (χ2n) is 3.55. The lowest BCUT2D eigenvalue weighted by Gasteiger charge is -2.23. The van der Waals surface area contributed by atoms with Gasteiger partial charge in [-0.15, -0.1) is 17.9 Å². The lowest BCUT2D eigenvalue weighted by atomic mass is 9.97. The fraction of sp³-hybridized carbons (Fsp3) is 0.364. The minimum atomic E-state index is 0.345. The van der Waals surface area contributed by atoms with Crippen LogP contribution < -0.4 is 11.1 Å². The molecular weight excluding hydrogens is 206 g/mol. The van der Waals surface area contributed by atoms with Crippen molar-refractivity contribution in [1.29, 1.82) is 0 Å². The number of rotatable bonds is 3. The predicted octanol–water partition coefficient (Wildman–Crippen LogP) is 2.05. The van der Waals surface area contributed by atoms with Crippen LogP contribution in [-0.2, 0) is 0 Å². The highest BCUT2D eigenvalue weighted by Gasteiger charge is 2.18. The van der Waals surface area contributed by atoms with Crippen LogP contribution in [-0.4, -0.2) is 17.6 Å². The highest BCUT2D eigenvalue weighted by atomic mass is 32.1. The lowest BCUT2D eigenvalue weighted by Crippen LogP contribution is -2.33. The van der Waals surface area contributed by atoms with Crippen LogP contribution in [0.25, 0.3) is 5.57 Å². The van der Waals surface area contributed by atoms with Crippen LogP contribution in [0.15, 0.2) is 24.1 Å². The van der Waals surface area contributed by atoms with Crippen molar-refractivity contribution in [2.24, 2.45) is 0 Å². The van der Waals surface area contributed by atoms with Gasteiger partial charge in [-0.1, -0.05) is 12.2 Å². The van der Waals surface area contributed by atoms with Crippen molar-refractivity contribution in [2.45, 2.75) is 18.9 Å². The smallest absolute Gasteiger partial charge is 0.180 e. The largest absolute Gasteiger partial charge is 0.375 e. The van der Waals surface area contributed by atoms with Crippen molar-refractivity contribution >= 4 is 22.0 Å². The van der Waals surface area contributed by atoms with Crippen LogP contribution in [0, 0.1) is 0 Å². The van der Waals surface area contributed by atoms with Gasteiger partial charge in [0.15, 0.2) is 5.13 Å². The van der Waals surface area contributed by atoms with E-state index in [1.165, 1.54) is 16.9 Å². The van der Waals surface area contributed by atoms with Gasteiger partial charge in [-0.2, -0.15) is 0 Å². The minimum absolute atomic E-state index is 0.345. The molecule has 1 aliphatic rings. The van der Waals surface area contributed by atoms with E-state index in [2.05, 4.69) is 23.0 Å². The SMILES string of the molecule is C=CCC1NCCC=C1c1csc(N)n1. The Morgan fingerprint density at radius 2 is 2.60 bits per heavy atom. The van der Waals surface area contributed by atoms with Crippen molar-refractivity contribution in [3.63, 3.8) is 0 Å². The molecule has 2 heterocycles. The zero-order chi connectivity index (χ0) is 10.7. The number of nitrogens with zero attached hydrogens (tertiary/aromatic N) is 1. The highest BCUT2D eigenvalue weighted by Crippen LogP contribution is 2.26. The Hall–Kier alpha value is -1.13. The molecule has 0 fully saturated rings. The molecule has 15 heavy (non-hydrogen) atoms. The molecule has 0 aliphatic carbocycles. The first-order valence-electron chi connectivity index (χ1n) is 5.07. The molecule has 80 valence electrons. The van der Waals surface area contributed by atoms with Gasteiger partial charge in [-0.25, -0.2) is 4.98 Å². The molecule has 1 aliphatic heterocycles. The van der Waals surface area contributed by atoms with E-state index in [1.807, 2.05) is 11.5 Å². The topological polar surface area (TPSA) is 50.9 Å². The molecule has 0 saturated heterocycles. The number of hydrogen-bond acceptors (Lipinski definition) is 4. The summed E-state index contributed by atoms with van der Waals surface area (Å²) in [6, 6.07) is 0.345. The number of anilines is 1. The van der Waals surface area contributed by atoms with Crippen molar-refractivity contribution < 1.29 is 0 Å². The molecule has 0 amide bonds. The maximum Gasteiger partial charge on any atom is 0.180 e. The number of thiazole rings is 1. The van der Waals surface area contributed by atoms with E-state index in [9.17, 15) is 0 Å². The van der Waals surface area contributed by atoms with Crippen molar-refractivity contribution in [1.82, 2.24) is 10.3 Å². The first-order chi connectivity index (χ1) is 7.31. The van der Waals surface area contributed by atoms with Crippen LogP contribution in [0.4, 0.5) is 5.13 Å². The molecule has 1 aromatic rings. The van der Waals surface area contributed by atoms with E-state index in [0.717, 1.165) is 25.1 Å². The van der Waals surface area contributed by atoms with Gasteiger partial charge in [0.2, 0.25) is 0 Å². The Balaban J connectivity index is 2.24. The predicted molar refractivity (Wildman–Crippen MR) is 65.7 cm³/mol. The normalized spacial score (nSPS) is 21.1. The van der Waals surface area contributed by atoms with E-state index in [-0.39, 0.29) is 0 Å². The zero-order valence-electron chi connectivity index (χ0n) is 8.57. The van der Waals surface area contributed by atoms with E-state index in [0.29, 0.717) is 11.2 Å². The molecule has 2 rings (SSSR count). The van der Waals surface area contributed by atoms with Gasteiger partial charge in [0.25, 0.3) is 0 Å². The fourth-order valence-corrected chi connectivity index (χ4v) is 2.39. The van der Waals surface area contributed by atoms with Crippen molar-refractivity contribution in [2.75, 3.05) is 12.3 Å². The molecule has 4 heteroatoms. The molecule has 1 unspecified atom stereocenters. The summed E-state index contributed by atoms with van der Waals surface area (Å²) >= 11 is 1.49. The minimum Gasteiger partial charge on any atom is -0.375 e. The van der Waals surface area contributed by atoms with Gasteiger partial charge in [0.1, 0.15) is 0 Å². The Morgan fingerprint density at radius 1 is 1.73 bits per heavy atom. The first-order valence-corrected chi connectivity index (χ1v) is 5.95. The molecule has 0 bridgehead atoms. The standard InChI is InChI=1S/C11H15N3S/c1-2-4-9-8(5-3-6-13-9)10-7-15-11(12)14-10/h2,5,7,9,13H,1,3-4,6H2,(H2,12,14). The maximum atomic E-state index is 5.64. The fourth-order valence-electron chi connectivity index (χ4n) is 1.82. The van der Waals surface area contributed by atoms with Gasteiger partial charge in [-0.05, 0) is 25.0 Å². The first kappa shape index (κ1) is 10.4. The second kappa shape index (κ2) is 4.59. The molecule has 0 saturated carbocycles. The van der Waals surface area contributed by atoms with Gasteiger partial charge in [-0.3, -0.25) is 0 Å². The monoisotopic (exact) mass is 221 g/mol. The third-order valence-electron chi connectivity index (χ3n) is 2.49. The third kappa shape index (κ3) is 2.27. The van der Waals surface area contributed by atoms with Crippen LogP contribution in [0.3, 0.4) is 0 Å². The number of nitrogens with two attached hydrogens (primary N) is 1. The lowest BCUT2D eigenvalue weighted by molar-refractivity contribution is 0.594. The third-order valence-corrected chi connectivity index (χ3v) is 3.17. The summed E-state index contributed by atoms with van der Waals surface area (Å²) < 4.78 is 0.